The van der Waals surface area contributed by atoms with Gasteiger partial charge in [-0.05, 0) is 25.0 Å². The van der Waals surface area contributed by atoms with Crippen LogP contribution in [0.2, 0.25) is 0 Å². The fourth-order valence-corrected chi connectivity index (χ4v) is 2.15. The number of nitrogens with two attached hydrogens (primary N) is 1. The van der Waals surface area contributed by atoms with Crippen LogP contribution in [0.4, 0.5) is 0 Å². The van der Waals surface area contributed by atoms with E-state index in [-0.39, 0.29) is 11.3 Å². The van der Waals surface area contributed by atoms with Gasteiger partial charge in [-0.2, -0.15) is 0 Å². The molecule has 1 fully saturated rings. The normalized spacial score (nSPS) is 16.6. The van der Waals surface area contributed by atoms with Gasteiger partial charge in [0, 0.05) is 11.8 Å². The molecule has 6 nitrogen and oxygen atoms in total. The molecule has 6 heteroatoms. The third kappa shape index (κ3) is 3.07. The minimum absolute atomic E-state index is 0.0395. The highest BCUT2D eigenvalue weighted by atomic mass is 16.5. The Bertz CT molecular complexity index is 476. The van der Waals surface area contributed by atoms with Gasteiger partial charge in [-0.25, -0.2) is 0 Å². The maximum atomic E-state index is 8.66. The van der Waals surface area contributed by atoms with E-state index < -0.39 is 0 Å². The first-order valence-corrected chi connectivity index (χ1v) is 6.44. The Balaban J connectivity index is 2.07. The van der Waals surface area contributed by atoms with Crippen molar-refractivity contribution < 1.29 is 19.4 Å². The smallest absolute Gasteiger partial charge is 0.203 e. The molecule has 0 unspecified atom stereocenters. The van der Waals surface area contributed by atoms with Crippen LogP contribution >= 0.6 is 0 Å². The number of para-hydroxylation sites is 1. The fraction of sp³-hybridized carbons (Fsp3) is 0.500. The summed E-state index contributed by atoms with van der Waals surface area (Å²) in [6.07, 6.45) is 2.53. The summed E-state index contributed by atoms with van der Waals surface area (Å²) >= 11 is 0. The summed E-state index contributed by atoms with van der Waals surface area (Å²) in [6, 6.07) is 5.48. The second kappa shape index (κ2) is 5.90. The molecule has 0 amide bonds. The van der Waals surface area contributed by atoms with Gasteiger partial charge in [-0.1, -0.05) is 11.2 Å². The Morgan fingerprint density at radius 3 is 2.35 bits per heavy atom. The van der Waals surface area contributed by atoms with Crippen LogP contribution in [0.1, 0.15) is 19.3 Å². The average Bonchev–Trinajstić information content (AvgIpc) is 3.24. The van der Waals surface area contributed by atoms with E-state index in [1.54, 1.807) is 14.2 Å². The van der Waals surface area contributed by atoms with Crippen LogP contribution in [-0.2, 0) is 0 Å². The molecule has 0 atom stereocenters. The molecule has 0 bridgehead atoms. The standard InChI is InChI=1S/C14H20N2O4/c1-18-10-4-3-5-11(19-2)13(10)20-9-14(6-7-14)8-12(15)16-17/h3-5,17H,6-9H2,1-2H3,(H2,15,16). The number of amidine groups is 1. The molecule has 0 aliphatic heterocycles. The van der Waals surface area contributed by atoms with Gasteiger partial charge in [0.15, 0.2) is 11.5 Å². The van der Waals surface area contributed by atoms with Crippen molar-refractivity contribution in [3.63, 3.8) is 0 Å². The molecule has 1 saturated carbocycles. The topological polar surface area (TPSA) is 86.3 Å². The summed E-state index contributed by atoms with van der Waals surface area (Å²) in [6.45, 7) is 0.486. The van der Waals surface area contributed by atoms with Crippen molar-refractivity contribution in [3.8, 4) is 17.2 Å². The highest BCUT2D eigenvalue weighted by Crippen LogP contribution is 2.50. The number of hydrogen-bond donors (Lipinski definition) is 2. The van der Waals surface area contributed by atoms with Gasteiger partial charge in [-0.3, -0.25) is 0 Å². The lowest BCUT2D eigenvalue weighted by Crippen LogP contribution is -2.22. The molecule has 0 aromatic heterocycles. The van der Waals surface area contributed by atoms with Crippen LogP contribution in [0.25, 0.3) is 0 Å². The first-order chi connectivity index (χ1) is 9.64. The molecule has 1 aliphatic carbocycles. The van der Waals surface area contributed by atoms with Gasteiger partial charge in [0.1, 0.15) is 5.84 Å². The molecule has 1 aromatic rings. The van der Waals surface area contributed by atoms with Crippen molar-refractivity contribution in [1.29, 1.82) is 0 Å². The van der Waals surface area contributed by atoms with E-state index in [4.69, 9.17) is 25.2 Å². The molecule has 0 saturated heterocycles. The third-order valence-corrected chi connectivity index (χ3v) is 3.55. The molecule has 2 rings (SSSR count). The van der Waals surface area contributed by atoms with Crippen molar-refractivity contribution in [3.05, 3.63) is 18.2 Å². The van der Waals surface area contributed by atoms with E-state index in [1.807, 2.05) is 18.2 Å². The Labute approximate surface area is 118 Å². The van der Waals surface area contributed by atoms with Gasteiger partial charge in [-0.15, -0.1) is 0 Å². The maximum Gasteiger partial charge on any atom is 0.203 e. The van der Waals surface area contributed by atoms with Gasteiger partial charge in [0.2, 0.25) is 5.75 Å². The molecular weight excluding hydrogens is 260 g/mol. The number of nitrogens with zero attached hydrogens (tertiary/aromatic N) is 1. The maximum absolute atomic E-state index is 8.66. The zero-order valence-corrected chi connectivity index (χ0v) is 11.8. The van der Waals surface area contributed by atoms with Gasteiger partial charge in [0.05, 0.1) is 20.8 Å². The Morgan fingerprint density at radius 2 is 1.90 bits per heavy atom. The van der Waals surface area contributed by atoms with Gasteiger partial charge < -0.3 is 25.2 Å². The van der Waals surface area contributed by atoms with Crippen LogP contribution in [0.15, 0.2) is 23.4 Å². The molecule has 0 heterocycles. The third-order valence-electron chi connectivity index (χ3n) is 3.55. The predicted molar refractivity (Wildman–Crippen MR) is 74.7 cm³/mol. The summed E-state index contributed by atoms with van der Waals surface area (Å²) in [4.78, 5) is 0. The SMILES string of the molecule is COc1cccc(OC)c1OCC1(CC(N)=NO)CC1. The van der Waals surface area contributed by atoms with Crippen LogP contribution in [0.3, 0.4) is 0 Å². The Hall–Kier alpha value is -2.11. The highest BCUT2D eigenvalue weighted by molar-refractivity contribution is 5.80. The highest BCUT2D eigenvalue weighted by Gasteiger charge is 2.44. The Morgan fingerprint density at radius 1 is 1.30 bits per heavy atom. The second-order valence-corrected chi connectivity index (χ2v) is 5.05. The van der Waals surface area contributed by atoms with Crippen molar-refractivity contribution >= 4 is 5.84 Å². The van der Waals surface area contributed by atoms with E-state index in [1.165, 1.54) is 0 Å². The molecule has 0 spiro atoms. The quantitative estimate of drug-likeness (QED) is 0.345. The summed E-state index contributed by atoms with van der Waals surface area (Å²) in [7, 11) is 3.18. The fourth-order valence-electron chi connectivity index (χ4n) is 2.15. The Kier molecular flexibility index (Phi) is 4.22. The summed E-state index contributed by atoms with van der Waals surface area (Å²) in [5, 5.41) is 11.7. The number of benzene rings is 1. The minimum Gasteiger partial charge on any atom is -0.493 e. The zero-order valence-electron chi connectivity index (χ0n) is 11.8. The van der Waals surface area contributed by atoms with E-state index in [0.29, 0.717) is 30.3 Å². The van der Waals surface area contributed by atoms with Crippen LogP contribution < -0.4 is 19.9 Å². The van der Waals surface area contributed by atoms with Crippen molar-refractivity contribution in [2.75, 3.05) is 20.8 Å². The lowest BCUT2D eigenvalue weighted by atomic mass is 10.0. The lowest BCUT2D eigenvalue weighted by molar-refractivity contribution is 0.217. The minimum atomic E-state index is -0.0395. The molecule has 3 N–H and O–H groups in total. The van der Waals surface area contributed by atoms with E-state index in [2.05, 4.69) is 5.16 Å². The first-order valence-electron chi connectivity index (χ1n) is 6.44. The number of ether oxygens (including phenoxy) is 3. The summed E-state index contributed by atoms with van der Waals surface area (Å²) < 4.78 is 16.4. The van der Waals surface area contributed by atoms with Gasteiger partial charge >= 0.3 is 0 Å². The van der Waals surface area contributed by atoms with E-state index in [9.17, 15) is 0 Å². The van der Waals surface area contributed by atoms with Crippen molar-refractivity contribution in [2.24, 2.45) is 16.3 Å². The lowest BCUT2D eigenvalue weighted by Gasteiger charge is -2.18. The number of oxime groups is 1. The van der Waals surface area contributed by atoms with E-state index in [0.717, 1.165) is 12.8 Å². The monoisotopic (exact) mass is 280 g/mol. The van der Waals surface area contributed by atoms with Crippen molar-refractivity contribution in [1.82, 2.24) is 0 Å². The van der Waals surface area contributed by atoms with Crippen molar-refractivity contribution in [2.45, 2.75) is 19.3 Å². The molecular formula is C14H20N2O4. The summed E-state index contributed by atoms with van der Waals surface area (Å²) in [5.41, 5.74) is 5.54. The number of methoxy groups -OCH3 is 2. The molecule has 1 aliphatic rings. The van der Waals surface area contributed by atoms with Gasteiger partial charge in [0.25, 0.3) is 0 Å². The molecule has 110 valence electrons. The molecule has 20 heavy (non-hydrogen) atoms. The second-order valence-electron chi connectivity index (χ2n) is 5.05. The van der Waals surface area contributed by atoms with Crippen LogP contribution in [0.5, 0.6) is 17.2 Å². The summed E-state index contributed by atoms with van der Waals surface area (Å²) in [5.74, 6) is 2.08. The first kappa shape index (κ1) is 14.3. The molecule has 1 aromatic carbocycles. The number of rotatable bonds is 7. The van der Waals surface area contributed by atoms with Crippen LogP contribution in [-0.4, -0.2) is 31.9 Å². The van der Waals surface area contributed by atoms with Crippen LogP contribution in [0, 0.1) is 5.41 Å². The molecule has 0 radical (unpaired) electrons. The predicted octanol–water partition coefficient (Wildman–Crippen LogP) is 2.00. The number of hydrogen-bond acceptors (Lipinski definition) is 5. The van der Waals surface area contributed by atoms with E-state index >= 15 is 0 Å². The average molecular weight is 280 g/mol. The zero-order chi connectivity index (χ0) is 14.6. The largest absolute Gasteiger partial charge is 0.493 e.